The van der Waals surface area contributed by atoms with Crippen molar-refractivity contribution in [3.63, 3.8) is 0 Å². The lowest BCUT2D eigenvalue weighted by Gasteiger charge is -2.17. The zero-order valence-electron chi connectivity index (χ0n) is 16.2. The van der Waals surface area contributed by atoms with E-state index in [1.54, 1.807) is 0 Å². The number of hydrogen-bond acceptors (Lipinski definition) is 8. The van der Waals surface area contributed by atoms with Crippen LogP contribution in [-0.2, 0) is 4.74 Å². The Labute approximate surface area is 181 Å². The number of aliphatic hydroxyl groups excluding tert-OH is 2. The van der Waals surface area contributed by atoms with E-state index < -0.39 is 23.2 Å². The summed E-state index contributed by atoms with van der Waals surface area (Å²) in [5.41, 5.74) is 4.39. The van der Waals surface area contributed by atoms with E-state index in [0.29, 0.717) is 11.3 Å². The van der Waals surface area contributed by atoms with Crippen molar-refractivity contribution in [3.05, 3.63) is 81.0 Å². The van der Waals surface area contributed by atoms with Gasteiger partial charge in [-0.2, -0.15) is 0 Å². The van der Waals surface area contributed by atoms with Crippen molar-refractivity contribution in [1.29, 1.82) is 0 Å². The van der Waals surface area contributed by atoms with Crippen LogP contribution in [0.15, 0.2) is 54.7 Å². The van der Waals surface area contributed by atoms with Gasteiger partial charge in [0, 0.05) is 12.5 Å². The van der Waals surface area contributed by atoms with Gasteiger partial charge in [-0.15, -0.1) is 0 Å². The number of carbonyl (C=O) groups is 1. The van der Waals surface area contributed by atoms with Crippen molar-refractivity contribution in [1.82, 2.24) is 10.3 Å². The molecule has 1 aliphatic rings. The number of ether oxygens (including phenoxy) is 1. The minimum atomic E-state index is -1.47. The number of hydrogen-bond donors (Lipinski definition) is 3. The molecule has 2 unspecified atom stereocenters. The third-order valence-electron chi connectivity index (χ3n) is 5.11. The van der Waals surface area contributed by atoms with E-state index >= 15 is 0 Å². The Hall–Kier alpha value is -3.34. The van der Waals surface area contributed by atoms with Crippen molar-refractivity contribution in [2.45, 2.75) is 18.1 Å². The monoisotopic (exact) mass is 441 g/mol. The predicted molar refractivity (Wildman–Crippen MR) is 113 cm³/mol. The first-order chi connectivity index (χ1) is 15.0. The second kappa shape index (κ2) is 8.80. The number of nitrogens with one attached hydrogen (secondary N) is 1. The number of aromatic nitrogens is 1. The minimum Gasteiger partial charge on any atom is -0.449 e. The van der Waals surface area contributed by atoms with E-state index in [2.05, 4.69) is 10.3 Å². The maximum absolute atomic E-state index is 12.2. The molecule has 1 heterocycles. The van der Waals surface area contributed by atoms with Crippen molar-refractivity contribution < 1.29 is 24.7 Å². The fraction of sp³-hybridized carbons (Fsp3) is 0.238. The lowest BCUT2D eigenvalue weighted by molar-refractivity contribution is -0.380. The largest absolute Gasteiger partial charge is 0.449 e. The molecule has 10 heteroatoms. The fourth-order valence-corrected chi connectivity index (χ4v) is 4.39. The van der Waals surface area contributed by atoms with Gasteiger partial charge < -0.3 is 20.3 Å². The molecular formula is C21H19N3O6S. The number of fused-ring (bicyclic) bond motifs is 3. The summed E-state index contributed by atoms with van der Waals surface area (Å²) in [7, 11) is 0. The molecule has 0 aliphatic heterocycles. The number of alkyl carbamates (subject to hydrolysis) is 1. The molecule has 0 spiro atoms. The molecule has 0 saturated carbocycles. The van der Waals surface area contributed by atoms with Gasteiger partial charge in [0.05, 0.1) is 4.92 Å². The molecule has 31 heavy (non-hydrogen) atoms. The van der Waals surface area contributed by atoms with Crippen molar-refractivity contribution in [2.24, 2.45) is 0 Å². The van der Waals surface area contributed by atoms with Gasteiger partial charge in [0.15, 0.2) is 0 Å². The first-order valence-electron chi connectivity index (χ1n) is 9.50. The van der Waals surface area contributed by atoms with E-state index in [-0.39, 0.29) is 29.1 Å². The third-order valence-corrected chi connectivity index (χ3v) is 6.13. The van der Waals surface area contributed by atoms with Crippen LogP contribution in [0.5, 0.6) is 0 Å². The van der Waals surface area contributed by atoms with E-state index in [9.17, 15) is 25.1 Å². The molecule has 1 amide bonds. The summed E-state index contributed by atoms with van der Waals surface area (Å²) in [5.74, 6) is -0.0930. The standard InChI is InChI=1S/C21H19N3O6S/c25-17(19(26)20-22-10-18(31-20)24(28)29)9-23-21(27)30-11-16-14-7-3-1-5-12(14)13-6-2-4-8-15(13)16/h1-8,10,16-17,19,25-26H,9,11H2,(H,23,27). The molecule has 0 bridgehead atoms. The van der Waals surface area contributed by atoms with Crippen molar-refractivity contribution >= 4 is 22.4 Å². The third kappa shape index (κ3) is 4.26. The molecule has 1 aliphatic carbocycles. The van der Waals surface area contributed by atoms with Crippen LogP contribution >= 0.6 is 11.3 Å². The molecule has 9 nitrogen and oxygen atoms in total. The van der Waals surface area contributed by atoms with E-state index in [1.807, 2.05) is 48.5 Å². The highest BCUT2D eigenvalue weighted by Crippen LogP contribution is 2.44. The number of carbonyl (C=O) groups excluding carboxylic acids is 1. The molecule has 2 aromatic carbocycles. The fourth-order valence-electron chi connectivity index (χ4n) is 3.61. The summed E-state index contributed by atoms with van der Waals surface area (Å²) in [6.45, 7) is -0.178. The Kier molecular flexibility index (Phi) is 5.94. The lowest BCUT2D eigenvalue weighted by atomic mass is 9.98. The molecule has 0 radical (unpaired) electrons. The Morgan fingerprint density at radius 1 is 1.16 bits per heavy atom. The Morgan fingerprint density at radius 2 is 1.77 bits per heavy atom. The summed E-state index contributed by atoms with van der Waals surface area (Å²) in [6.07, 6.45) is -2.59. The highest BCUT2D eigenvalue weighted by Gasteiger charge is 2.29. The van der Waals surface area contributed by atoms with Gasteiger partial charge in [-0.1, -0.05) is 48.5 Å². The Balaban J connectivity index is 1.33. The second-order valence-electron chi connectivity index (χ2n) is 7.01. The number of benzene rings is 2. The first-order valence-corrected chi connectivity index (χ1v) is 10.3. The topological polar surface area (TPSA) is 135 Å². The summed E-state index contributed by atoms with van der Waals surface area (Å²) in [4.78, 5) is 26.0. The van der Waals surface area contributed by atoms with Gasteiger partial charge in [-0.05, 0) is 33.6 Å². The van der Waals surface area contributed by atoms with E-state index in [1.165, 1.54) is 0 Å². The van der Waals surface area contributed by atoms with Crippen molar-refractivity contribution in [2.75, 3.05) is 13.2 Å². The first kappa shape index (κ1) is 20.9. The normalized spacial score (nSPS) is 14.4. The highest BCUT2D eigenvalue weighted by molar-refractivity contribution is 7.14. The van der Waals surface area contributed by atoms with Gasteiger partial charge in [0.25, 0.3) is 0 Å². The molecule has 2 atom stereocenters. The lowest BCUT2D eigenvalue weighted by Crippen LogP contribution is -2.36. The summed E-state index contributed by atoms with van der Waals surface area (Å²) in [5, 5.41) is 33.1. The second-order valence-corrected chi connectivity index (χ2v) is 8.05. The maximum atomic E-state index is 12.2. The maximum Gasteiger partial charge on any atom is 0.407 e. The summed E-state index contributed by atoms with van der Waals surface area (Å²) >= 11 is 0.662. The van der Waals surface area contributed by atoms with Crippen LogP contribution in [0.3, 0.4) is 0 Å². The molecule has 0 saturated heterocycles. The van der Waals surface area contributed by atoms with Gasteiger partial charge in [0.1, 0.15) is 30.0 Å². The quantitative estimate of drug-likeness (QED) is 0.379. The number of nitrogens with zero attached hydrogens (tertiary/aromatic N) is 2. The number of amides is 1. The highest BCUT2D eigenvalue weighted by atomic mass is 32.1. The summed E-state index contributed by atoms with van der Waals surface area (Å²) < 4.78 is 5.37. The van der Waals surface area contributed by atoms with Crippen LogP contribution < -0.4 is 5.32 Å². The zero-order valence-corrected chi connectivity index (χ0v) is 17.0. The molecule has 0 fully saturated rings. The molecule has 3 aromatic rings. The predicted octanol–water partition coefficient (Wildman–Crippen LogP) is 2.98. The van der Waals surface area contributed by atoms with Gasteiger partial charge in [-0.25, -0.2) is 9.78 Å². The van der Waals surface area contributed by atoms with Crippen LogP contribution in [0.1, 0.15) is 28.2 Å². The average molecular weight is 441 g/mol. The molecule has 160 valence electrons. The van der Waals surface area contributed by atoms with Crippen molar-refractivity contribution in [3.8, 4) is 11.1 Å². The molecule has 4 rings (SSSR count). The van der Waals surface area contributed by atoms with Gasteiger partial charge in [0.2, 0.25) is 0 Å². The average Bonchev–Trinajstić information content (AvgIpc) is 3.39. The Bertz CT molecular complexity index is 1070. The number of nitro groups is 1. The molecule has 1 aromatic heterocycles. The van der Waals surface area contributed by atoms with E-state index in [4.69, 9.17) is 4.74 Å². The van der Waals surface area contributed by atoms with Gasteiger partial charge in [-0.3, -0.25) is 10.1 Å². The minimum absolute atomic E-state index is 0.00598. The van der Waals surface area contributed by atoms with E-state index in [0.717, 1.165) is 28.5 Å². The smallest absolute Gasteiger partial charge is 0.407 e. The van der Waals surface area contributed by atoms with Crippen LogP contribution in [0, 0.1) is 10.1 Å². The molecule has 3 N–H and O–H groups in total. The zero-order chi connectivity index (χ0) is 22.0. The number of aliphatic hydroxyl groups is 2. The number of rotatable bonds is 7. The van der Waals surface area contributed by atoms with Crippen LogP contribution in [-0.4, -0.2) is 45.5 Å². The van der Waals surface area contributed by atoms with Crippen LogP contribution in [0.2, 0.25) is 0 Å². The van der Waals surface area contributed by atoms with Crippen LogP contribution in [0.25, 0.3) is 11.1 Å². The summed E-state index contributed by atoms with van der Waals surface area (Å²) in [6, 6.07) is 15.9. The van der Waals surface area contributed by atoms with Gasteiger partial charge >= 0.3 is 11.1 Å². The van der Waals surface area contributed by atoms with Crippen LogP contribution in [0.4, 0.5) is 9.80 Å². The Morgan fingerprint density at radius 3 is 2.35 bits per heavy atom. The number of thiazole rings is 1. The molecular weight excluding hydrogens is 422 g/mol. The SMILES string of the molecule is O=C(NCC(O)C(O)c1ncc([N+](=O)[O-])s1)OCC1c2ccccc2-c2ccccc21.